The summed E-state index contributed by atoms with van der Waals surface area (Å²) in [4.78, 5) is 6.85. The number of hydrogen-bond acceptors (Lipinski definition) is 3. The van der Waals surface area contributed by atoms with E-state index >= 15 is 0 Å². The van der Waals surface area contributed by atoms with E-state index in [2.05, 4.69) is 16.8 Å². The minimum Gasteiger partial charge on any atom is -0.395 e. The molecule has 0 amide bonds. The third-order valence-electron chi connectivity index (χ3n) is 6.65. The molecule has 0 saturated carbocycles. The van der Waals surface area contributed by atoms with E-state index in [0.717, 1.165) is 26.1 Å². The molecule has 0 spiro atoms. The summed E-state index contributed by atoms with van der Waals surface area (Å²) in [6.45, 7) is 5.24. The largest absolute Gasteiger partial charge is 0.395 e. The first-order chi connectivity index (χ1) is 14.9. The van der Waals surface area contributed by atoms with Gasteiger partial charge in [0.1, 0.15) is 0 Å². The molecule has 1 aliphatic heterocycles. The second-order valence-electron chi connectivity index (χ2n) is 9.48. The molecule has 0 aromatic heterocycles. The third-order valence-corrected chi connectivity index (χ3v) is 6.65. The maximum absolute atomic E-state index is 9.09. The summed E-state index contributed by atoms with van der Waals surface area (Å²) in [5.41, 5.74) is 0. The van der Waals surface area contributed by atoms with Crippen LogP contribution in [0.3, 0.4) is 0 Å². The summed E-state index contributed by atoms with van der Waals surface area (Å²) in [5.74, 6) is 1.24. The van der Waals surface area contributed by atoms with Gasteiger partial charge in [0.15, 0.2) is 0 Å². The van der Waals surface area contributed by atoms with Crippen molar-refractivity contribution in [3.05, 3.63) is 0 Å². The fraction of sp³-hybridized carbons (Fsp3) is 0.963. The van der Waals surface area contributed by atoms with Crippen LogP contribution >= 0.6 is 0 Å². The van der Waals surface area contributed by atoms with Crippen LogP contribution in [-0.2, 0) is 0 Å². The SMILES string of the molecule is CCCCCCCCCCCCCCCCCCCCCCC1=NCCN1CCO. The molecule has 0 atom stereocenters. The number of nitrogens with zero attached hydrogens (tertiary/aromatic N) is 2. The molecule has 3 heteroatoms. The standard InChI is InChI=1S/C27H54N2O/c1-2-3-4-5-6-7-8-9-10-11-12-13-14-15-16-17-18-19-20-21-22-27-28-23-24-29(27)25-26-30/h30H,2-26H2,1H3. The summed E-state index contributed by atoms with van der Waals surface area (Å²) < 4.78 is 0. The number of aliphatic hydroxyl groups excluding tert-OH is 1. The second-order valence-corrected chi connectivity index (χ2v) is 9.48. The van der Waals surface area contributed by atoms with Gasteiger partial charge in [0, 0.05) is 19.5 Å². The van der Waals surface area contributed by atoms with E-state index < -0.39 is 0 Å². The molecule has 0 aromatic carbocycles. The average molecular weight is 423 g/mol. The molecule has 0 fully saturated rings. The lowest BCUT2D eigenvalue weighted by atomic mass is 10.0. The smallest absolute Gasteiger partial charge is 0.0991 e. The normalized spacial score (nSPS) is 13.9. The van der Waals surface area contributed by atoms with Gasteiger partial charge in [-0.1, -0.05) is 129 Å². The van der Waals surface area contributed by atoms with Crippen molar-refractivity contribution < 1.29 is 5.11 Å². The van der Waals surface area contributed by atoms with Crippen molar-refractivity contribution >= 4 is 5.84 Å². The minimum atomic E-state index is 0.248. The van der Waals surface area contributed by atoms with E-state index in [9.17, 15) is 0 Å². The first kappa shape index (κ1) is 27.5. The van der Waals surface area contributed by atoms with Crippen molar-refractivity contribution in [1.29, 1.82) is 0 Å². The molecule has 1 heterocycles. The molecule has 0 aromatic rings. The van der Waals surface area contributed by atoms with E-state index in [-0.39, 0.29) is 6.61 Å². The first-order valence-electron chi connectivity index (χ1n) is 13.8. The number of unbranched alkanes of at least 4 members (excludes halogenated alkanes) is 19. The highest BCUT2D eigenvalue weighted by molar-refractivity contribution is 5.83. The highest BCUT2D eigenvalue weighted by atomic mass is 16.3. The van der Waals surface area contributed by atoms with Crippen LogP contribution in [0, 0.1) is 0 Å². The van der Waals surface area contributed by atoms with Crippen molar-refractivity contribution in [2.45, 2.75) is 142 Å². The Kier molecular flexibility index (Phi) is 19.8. The number of hydrogen-bond donors (Lipinski definition) is 1. The van der Waals surface area contributed by atoms with Crippen LogP contribution in [0.25, 0.3) is 0 Å². The van der Waals surface area contributed by atoms with Crippen molar-refractivity contribution in [1.82, 2.24) is 4.90 Å². The van der Waals surface area contributed by atoms with Crippen LogP contribution in [0.5, 0.6) is 0 Å². The Balaban J connectivity index is 1.70. The zero-order valence-electron chi connectivity index (χ0n) is 20.5. The Morgan fingerprint density at radius 3 is 1.43 bits per heavy atom. The summed E-state index contributed by atoms with van der Waals surface area (Å²) in [7, 11) is 0. The molecule has 0 bridgehead atoms. The Labute approximate surface area is 189 Å². The number of rotatable bonds is 23. The Morgan fingerprint density at radius 2 is 1.03 bits per heavy atom. The molecule has 3 nitrogen and oxygen atoms in total. The van der Waals surface area contributed by atoms with Crippen molar-refractivity contribution in [3.8, 4) is 0 Å². The Morgan fingerprint density at radius 1 is 0.633 bits per heavy atom. The van der Waals surface area contributed by atoms with E-state index in [1.54, 1.807) is 0 Å². The first-order valence-corrected chi connectivity index (χ1v) is 13.8. The van der Waals surface area contributed by atoms with Crippen molar-refractivity contribution in [3.63, 3.8) is 0 Å². The molecule has 1 aliphatic rings. The molecule has 30 heavy (non-hydrogen) atoms. The quantitative estimate of drug-likeness (QED) is 0.170. The van der Waals surface area contributed by atoms with E-state index in [1.807, 2.05) is 0 Å². The maximum atomic E-state index is 9.09. The van der Waals surface area contributed by atoms with E-state index in [4.69, 9.17) is 5.11 Å². The van der Waals surface area contributed by atoms with Crippen molar-refractivity contribution in [2.24, 2.45) is 4.99 Å². The van der Waals surface area contributed by atoms with Gasteiger partial charge in [-0.05, 0) is 6.42 Å². The minimum absolute atomic E-state index is 0.248. The van der Waals surface area contributed by atoms with Gasteiger partial charge in [-0.3, -0.25) is 4.99 Å². The molecule has 0 saturated heterocycles. The number of aliphatic imine (C=N–C) groups is 1. The van der Waals surface area contributed by atoms with E-state index in [1.165, 1.54) is 134 Å². The molecule has 0 aliphatic carbocycles. The molecule has 1 rings (SSSR count). The Bertz CT molecular complexity index is 383. The molecule has 0 radical (unpaired) electrons. The van der Waals surface area contributed by atoms with E-state index in [0.29, 0.717) is 0 Å². The van der Waals surface area contributed by atoms with Crippen LogP contribution in [0.2, 0.25) is 0 Å². The van der Waals surface area contributed by atoms with Gasteiger partial charge in [0.05, 0.1) is 19.0 Å². The predicted octanol–water partition coefficient (Wildman–Crippen LogP) is 7.90. The number of β-amino-alcohol motifs (C(OH)–C–C–N with tert-alkyl or cyclic N) is 1. The number of aliphatic hydroxyl groups is 1. The van der Waals surface area contributed by atoms with Gasteiger partial charge >= 0.3 is 0 Å². The molecular formula is C27H54N2O. The predicted molar refractivity (Wildman–Crippen MR) is 134 cm³/mol. The maximum Gasteiger partial charge on any atom is 0.0991 e. The van der Waals surface area contributed by atoms with Gasteiger partial charge in [0.2, 0.25) is 0 Å². The lowest BCUT2D eigenvalue weighted by Crippen LogP contribution is -2.30. The van der Waals surface area contributed by atoms with Crippen LogP contribution < -0.4 is 0 Å². The van der Waals surface area contributed by atoms with Crippen LogP contribution in [0.4, 0.5) is 0 Å². The topological polar surface area (TPSA) is 35.8 Å². The fourth-order valence-electron chi connectivity index (χ4n) is 4.67. The van der Waals surface area contributed by atoms with Crippen LogP contribution in [-0.4, -0.2) is 42.1 Å². The molecule has 1 N–H and O–H groups in total. The average Bonchev–Trinajstić information content (AvgIpc) is 3.19. The van der Waals surface area contributed by atoms with Crippen LogP contribution in [0.15, 0.2) is 4.99 Å². The second kappa shape index (κ2) is 21.7. The van der Waals surface area contributed by atoms with Crippen molar-refractivity contribution in [2.75, 3.05) is 26.2 Å². The summed E-state index contributed by atoms with van der Waals surface area (Å²) in [6.07, 6.45) is 29.7. The summed E-state index contributed by atoms with van der Waals surface area (Å²) in [6, 6.07) is 0. The lowest BCUT2D eigenvalue weighted by molar-refractivity contribution is 0.255. The summed E-state index contributed by atoms with van der Waals surface area (Å²) >= 11 is 0. The third kappa shape index (κ3) is 16.2. The zero-order chi connectivity index (χ0) is 21.5. The monoisotopic (exact) mass is 422 g/mol. The molecule has 178 valence electrons. The van der Waals surface area contributed by atoms with Crippen LogP contribution in [0.1, 0.15) is 142 Å². The van der Waals surface area contributed by atoms with Gasteiger partial charge in [-0.15, -0.1) is 0 Å². The van der Waals surface area contributed by atoms with Gasteiger partial charge in [-0.2, -0.15) is 0 Å². The molecular weight excluding hydrogens is 368 g/mol. The summed E-state index contributed by atoms with van der Waals surface area (Å²) in [5, 5.41) is 9.09. The number of amidine groups is 1. The highest BCUT2D eigenvalue weighted by Crippen LogP contribution is 2.15. The molecule has 0 unspecified atom stereocenters. The zero-order valence-corrected chi connectivity index (χ0v) is 20.5. The fourth-order valence-corrected chi connectivity index (χ4v) is 4.67. The van der Waals surface area contributed by atoms with Gasteiger partial charge < -0.3 is 10.0 Å². The highest BCUT2D eigenvalue weighted by Gasteiger charge is 2.14. The van der Waals surface area contributed by atoms with Gasteiger partial charge in [-0.25, -0.2) is 0 Å². The lowest BCUT2D eigenvalue weighted by Gasteiger charge is -2.18. The van der Waals surface area contributed by atoms with Gasteiger partial charge in [0.25, 0.3) is 0 Å². The Hall–Kier alpha value is -0.570.